The molecule has 32 heavy (non-hydrogen) atoms. The highest BCUT2D eigenvalue weighted by molar-refractivity contribution is 7.90. The average Bonchev–Trinajstić information content (AvgIpc) is 3.41. The summed E-state index contributed by atoms with van der Waals surface area (Å²) >= 11 is 7.45. The minimum absolute atomic E-state index is 0.225. The standard InChI is InChI=1S/C24H21ClN2O3S2/c1-3-22(19-11-9-17(2)10-12-19)32(28,29)27-15-20(21-13-14-23(25)31-21)24(26-27)30-16-18-7-5-4-6-8-18/h3-15,22H,1,16H2,2H3. The molecule has 0 N–H and O–H groups in total. The van der Waals surface area contributed by atoms with Crippen molar-refractivity contribution >= 4 is 33.0 Å². The number of ether oxygens (including phenoxy) is 1. The van der Waals surface area contributed by atoms with Gasteiger partial charge in [-0.3, -0.25) is 0 Å². The van der Waals surface area contributed by atoms with Crippen LogP contribution in [0.5, 0.6) is 5.88 Å². The Hall–Kier alpha value is -2.87. The molecule has 2 aromatic heterocycles. The van der Waals surface area contributed by atoms with E-state index in [1.165, 1.54) is 23.6 Å². The largest absolute Gasteiger partial charge is 0.471 e. The number of thiophene rings is 1. The van der Waals surface area contributed by atoms with Gasteiger partial charge in [-0.05, 0) is 30.2 Å². The summed E-state index contributed by atoms with van der Waals surface area (Å²) < 4.78 is 34.5. The summed E-state index contributed by atoms with van der Waals surface area (Å²) in [5.74, 6) is 0.225. The van der Waals surface area contributed by atoms with Gasteiger partial charge in [-0.15, -0.1) is 23.0 Å². The predicted octanol–water partition coefficient (Wildman–Crippen LogP) is 6.26. The molecule has 0 aliphatic rings. The SMILES string of the molecule is C=CC(c1ccc(C)cc1)S(=O)(=O)n1cc(-c2ccc(Cl)s2)c(OCc2ccccc2)n1. The monoisotopic (exact) mass is 484 g/mol. The Morgan fingerprint density at radius 3 is 2.47 bits per heavy atom. The third-order valence-corrected chi connectivity index (χ3v) is 8.00. The molecule has 0 saturated heterocycles. The van der Waals surface area contributed by atoms with Crippen molar-refractivity contribution in [2.24, 2.45) is 0 Å². The molecule has 8 heteroatoms. The summed E-state index contributed by atoms with van der Waals surface area (Å²) in [5, 5.41) is 3.36. The van der Waals surface area contributed by atoms with Crippen molar-refractivity contribution in [3.05, 3.63) is 107 Å². The van der Waals surface area contributed by atoms with Crippen molar-refractivity contribution < 1.29 is 13.2 Å². The molecular formula is C24H21ClN2O3S2. The molecule has 164 valence electrons. The quantitative estimate of drug-likeness (QED) is 0.277. The van der Waals surface area contributed by atoms with Crippen LogP contribution < -0.4 is 4.74 Å². The molecule has 1 unspecified atom stereocenters. The fraction of sp³-hybridized carbons (Fsp3) is 0.125. The lowest BCUT2D eigenvalue weighted by molar-refractivity contribution is 0.293. The number of rotatable bonds is 8. The van der Waals surface area contributed by atoms with E-state index in [0.717, 1.165) is 20.1 Å². The van der Waals surface area contributed by atoms with Gasteiger partial charge in [0.1, 0.15) is 11.9 Å². The molecule has 0 fully saturated rings. The van der Waals surface area contributed by atoms with Gasteiger partial charge in [-0.1, -0.05) is 77.8 Å². The normalized spacial score (nSPS) is 12.4. The predicted molar refractivity (Wildman–Crippen MR) is 130 cm³/mol. The van der Waals surface area contributed by atoms with Crippen LogP contribution in [0.2, 0.25) is 4.34 Å². The second kappa shape index (κ2) is 9.32. The lowest BCUT2D eigenvalue weighted by atomic mass is 10.1. The lowest BCUT2D eigenvalue weighted by Crippen LogP contribution is -2.20. The molecule has 0 radical (unpaired) electrons. The number of hydrogen-bond acceptors (Lipinski definition) is 5. The zero-order chi connectivity index (χ0) is 22.7. The van der Waals surface area contributed by atoms with Gasteiger partial charge in [0, 0.05) is 4.88 Å². The van der Waals surface area contributed by atoms with E-state index in [4.69, 9.17) is 16.3 Å². The topological polar surface area (TPSA) is 61.2 Å². The number of benzene rings is 2. The molecule has 4 rings (SSSR count). The molecule has 1 atom stereocenters. The fourth-order valence-corrected chi connectivity index (χ4v) is 5.69. The maximum absolute atomic E-state index is 13.5. The summed E-state index contributed by atoms with van der Waals surface area (Å²) in [6.45, 7) is 5.96. The second-order valence-electron chi connectivity index (χ2n) is 7.21. The third-order valence-electron chi connectivity index (χ3n) is 4.92. The van der Waals surface area contributed by atoms with Crippen molar-refractivity contribution in [2.45, 2.75) is 18.8 Å². The van der Waals surface area contributed by atoms with Crippen LogP contribution in [-0.4, -0.2) is 17.6 Å². The third kappa shape index (κ3) is 4.65. The highest BCUT2D eigenvalue weighted by Crippen LogP contribution is 2.38. The number of halogens is 1. The van der Waals surface area contributed by atoms with Crippen LogP contribution in [0.3, 0.4) is 0 Å². The van der Waals surface area contributed by atoms with Crippen LogP contribution in [0, 0.1) is 6.92 Å². The van der Waals surface area contributed by atoms with Crippen LogP contribution >= 0.6 is 22.9 Å². The molecule has 0 saturated carbocycles. The van der Waals surface area contributed by atoms with Crippen molar-refractivity contribution in [1.82, 2.24) is 9.19 Å². The van der Waals surface area contributed by atoms with Crippen LogP contribution in [0.4, 0.5) is 0 Å². The van der Waals surface area contributed by atoms with Gasteiger partial charge in [0.15, 0.2) is 0 Å². The van der Waals surface area contributed by atoms with E-state index in [-0.39, 0.29) is 12.5 Å². The summed E-state index contributed by atoms with van der Waals surface area (Å²) in [4.78, 5) is 0.769. The zero-order valence-electron chi connectivity index (χ0n) is 17.3. The first-order chi connectivity index (χ1) is 15.4. The molecule has 4 aromatic rings. The first kappa shape index (κ1) is 22.3. The Morgan fingerprint density at radius 2 is 1.84 bits per heavy atom. The average molecular weight is 485 g/mol. The fourth-order valence-electron chi connectivity index (χ4n) is 3.23. The Morgan fingerprint density at radius 1 is 1.12 bits per heavy atom. The van der Waals surface area contributed by atoms with Gasteiger partial charge in [-0.25, -0.2) is 8.42 Å². The molecule has 0 aliphatic heterocycles. The van der Waals surface area contributed by atoms with E-state index in [0.29, 0.717) is 15.5 Å². The van der Waals surface area contributed by atoms with Crippen LogP contribution in [-0.2, 0) is 16.6 Å². The summed E-state index contributed by atoms with van der Waals surface area (Å²) in [6.07, 6.45) is 2.89. The molecular weight excluding hydrogens is 464 g/mol. The number of nitrogens with zero attached hydrogens (tertiary/aromatic N) is 2. The minimum Gasteiger partial charge on any atom is -0.471 e. The lowest BCUT2D eigenvalue weighted by Gasteiger charge is -2.14. The Labute approximate surface area is 196 Å². The first-order valence-electron chi connectivity index (χ1n) is 9.84. The first-order valence-corrected chi connectivity index (χ1v) is 12.5. The Bertz CT molecular complexity index is 1330. The maximum Gasteiger partial charge on any atom is 0.264 e. The van der Waals surface area contributed by atoms with Crippen molar-refractivity contribution in [3.8, 4) is 16.3 Å². The Balaban J connectivity index is 1.73. The van der Waals surface area contributed by atoms with Crippen molar-refractivity contribution in [1.29, 1.82) is 0 Å². The molecule has 0 spiro atoms. The van der Waals surface area contributed by atoms with Crippen molar-refractivity contribution in [2.75, 3.05) is 0 Å². The second-order valence-corrected chi connectivity index (χ2v) is 10.8. The van der Waals surface area contributed by atoms with E-state index in [1.54, 1.807) is 18.2 Å². The molecule has 2 heterocycles. The minimum atomic E-state index is -3.92. The van der Waals surface area contributed by atoms with Gasteiger partial charge >= 0.3 is 0 Å². The summed E-state index contributed by atoms with van der Waals surface area (Å²) in [5.41, 5.74) is 3.17. The van der Waals surface area contributed by atoms with Gasteiger partial charge < -0.3 is 4.74 Å². The molecule has 2 aromatic carbocycles. The summed E-state index contributed by atoms with van der Waals surface area (Å²) in [6, 6.07) is 20.5. The van der Waals surface area contributed by atoms with Crippen LogP contribution in [0.15, 0.2) is 85.6 Å². The van der Waals surface area contributed by atoms with Crippen molar-refractivity contribution in [3.63, 3.8) is 0 Å². The van der Waals surface area contributed by atoms with E-state index >= 15 is 0 Å². The highest BCUT2D eigenvalue weighted by Gasteiger charge is 2.29. The maximum atomic E-state index is 13.5. The number of aromatic nitrogens is 2. The van der Waals surface area contributed by atoms with Gasteiger partial charge in [0.25, 0.3) is 10.0 Å². The Kier molecular flexibility index (Phi) is 6.50. The van der Waals surface area contributed by atoms with Crippen LogP contribution in [0.1, 0.15) is 21.9 Å². The van der Waals surface area contributed by atoms with E-state index in [9.17, 15) is 8.42 Å². The van der Waals surface area contributed by atoms with Gasteiger partial charge in [0.05, 0.1) is 16.1 Å². The molecule has 0 bridgehead atoms. The molecule has 5 nitrogen and oxygen atoms in total. The van der Waals surface area contributed by atoms with E-state index in [2.05, 4.69) is 11.7 Å². The number of aryl methyl sites for hydroxylation is 1. The highest BCUT2D eigenvalue weighted by atomic mass is 35.5. The van der Waals surface area contributed by atoms with E-state index in [1.807, 2.05) is 55.5 Å². The smallest absolute Gasteiger partial charge is 0.264 e. The molecule has 0 aliphatic carbocycles. The van der Waals surface area contributed by atoms with Gasteiger partial charge in [-0.2, -0.15) is 4.09 Å². The summed E-state index contributed by atoms with van der Waals surface area (Å²) in [7, 11) is -3.92. The van der Waals surface area contributed by atoms with Gasteiger partial charge in [0.2, 0.25) is 5.88 Å². The zero-order valence-corrected chi connectivity index (χ0v) is 19.7. The van der Waals surface area contributed by atoms with E-state index < -0.39 is 15.3 Å². The van der Waals surface area contributed by atoms with Crippen LogP contribution in [0.25, 0.3) is 10.4 Å². The molecule has 0 amide bonds. The number of hydrogen-bond donors (Lipinski definition) is 0.